The minimum absolute atomic E-state index is 0.319. The zero-order valence-electron chi connectivity index (χ0n) is 10.3. The lowest BCUT2D eigenvalue weighted by Crippen LogP contribution is -2.43. The molecular formula is C13H16NO4-. The second kappa shape index (κ2) is 4.96. The minimum Gasteiger partial charge on any atom is -0.547 e. The van der Waals surface area contributed by atoms with Crippen molar-refractivity contribution in [2.75, 3.05) is 31.2 Å². The molecule has 1 unspecified atom stereocenters. The van der Waals surface area contributed by atoms with Gasteiger partial charge in [0.25, 0.3) is 0 Å². The number of aliphatic hydroxyl groups is 1. The quantitative estimate of drug-likeness (QED) is 0.781. The van der Waals surface area contributed by atoms with Crippen molar-refractivity contribution in [2.24, 2.45) is 0 Å². The molecule has 1 saturated heterocycles. The van der Waals surface area contributed by atoms with Gasteiger partial charge in [-0.1, -0.05) is 12.1 Å². The Hall–Kier alpha value is -1.59. The van der Waals surface area contributed by atoms with Crippen molar-refractivity contribution >= 4 is 11.7 Å². The molecule has 0 radical (unpaired) electrons. The minimum atomic E-state index is -1.95. The number of ether oxygens (including phenoxy) is 1. The number of carbonyl (C=O) groups is 1. The highest BCUT2D eigenvalue weighted by Crippen LogP contribution is 2.23. The molecule has 1 aromatic rings. The number of rotatable bonds is 3. The highest BCUT2D eigenvalue weighted by atomic mass is 16.5. The summed E-state index contributed by atoms with van der Waals surface area (Å²) >= 11 is 0. The predicted octanol–water partition coefficient (Wildman–Crippen LogP) is -0.519. The summed E-state index contributed by atoms with van der Waals surface area (Å²) in [6, 6.07) is 6.83. The molecule has 98 valence electrons. The van der Waals surface area contributed by atoms with Crippen LogP contribution in [0, 0.1) is 0 Å². The van der Waals surface area contributed by atoms with E-state index in [0.29, 0.717) is 18.8 Å². The van der Waals surface area contributed by atoms with Crippen molar-refractivity contribution in [3.63, 3.8) is 0 Å². The van der Waals surface area contributed by atoms with Crippen LogP contribution in [0.2, 0.25) is 0 Å². The highest BCUT2D eigenvalue weighted by Gasteiger charge is 2.24. The Labute approximate surface area is 106 Å². The van der Waals surface area contributed by atoms with E-state index in [9.17, 15) is 15.0 Å². The van der Waals surface area contributed by atoms with Crippen molar-refractivity contribution in [1.29, 1.82) is 0 Å². The Kier molecular flexibility index (Phi) is 3.54. The summed E-state index contributed by atoms with van der Waals surface area (Å²) in [5, 5.41) is 20.6. The summed E-state index contributed by atoms with van der Waals surface area (Å²) in [6.45, 7) is 4.23. The first-order valence-corrected chi connectivity index (χ1v) is 5.89. The van der Waals surface area contributed by atoms with Gasteiger partial charge in [0.15, 0.2) is 0 Å². The van der Waals surface area contributed by atoms with E-state index in [-0.39, 0.29) is 0 Å². The first kappa shape index (κ1) is 12.9. The van der Waals surface area contributed by atoms with E-state index in [0.717, 1.165) is 18.8 Å². The third-order valence-electron chi connectivity index (χ3n) is 3.20. The van der Waals surface area contributed by atoms with E-state index in [1.165, 1.54) is 6.92 Å². The number of hydrogen-bond acceptors (Lipinski definition) is 5. The monoisotopic (exact) mass is 250 g/mol. The second-order valence-corrected chi connectivity index (χ2v) is 4.51. The number of morpholine rings is 1. The van der Waals surface area contributed by atoms with Crippen LogP contribution in [-0.2, 0) is 15.1 Å². The standard InChI is InChI=1S/C13H17NO4/c1-13(17,12(15)16)10-2-4-11(5-3-10)14-6-8-18-9-7-14/h2-5,17H,6-9H2,1H3,(H,15,16)/p-1. The molecule has 1 aromatic carbocycles. The fourth-order valence-electron chi connectivity index (χ4n) is 1.94. The molecule has 0 saturated carbocycles. The second-order valence-electron chi connectivity index (χ2n) is 4.51. The van der Waals surface area contributed by atoms with Gasteiger partial charge in [-0.25, -0.2) is 0 Å². The Balaban J connectivity index is 2.17. The van der Waals surface area contributed by atoms with Gasteiger partial charge in [-0.3, -0.25) is 0 Å². The third-order valence-corrected chi connectivity index (χ3v) is 3.20. The lowest BCUT2D eigenvalue weighted by molar-refractivity contribution is -0.324. The maximum atomic E-state index is 10.8. The number of carbonyl (C=O) groups excluding carboxylic acids is 1. The Bertz CT molecular complexity index is 421. The largest absolute Gasteiger partial charge is 0.547 e. The Morgan fingerprint density at radius 3 is 2.39 bits per heavy atom. The summed E-state index contributed by atoms with van der Waals surface area (Å²) in [6.07, 6.45) is 0. The highest BCUT2D eigenvalue weighted by molar-refractivity contribution is 5.76. The number of hydrogen-bond donors (Lipinski definition) is 1. The Morgan fingerprint density at radius 1 is 1.33 bits per heavy atom. The molecular weight excluding hydrogens is 234 g/mol. The maximum Gasteiger partial charge on any atom is 0.126 e. The number of nitrogens with zero attached hydrogens (tertiary/aromatic N) is 1. The van der Waals surface area contributed by atoms with Crippen molar-refractivity contribution < 1.29 is 19.7 Å². The van der Waals surface area contributed by atoms with Crippen LogP contribution >= 0.6 is 0 Å². The first-order chi connectivity index (χ1) is 8.51. The van der Waals surface area contributed by atoms with Gasteiger partial charge in [-0.15, -0.1) is 0 Å². The number of carboxylic acids is 1. The van der Waals surface area contributed by atoms with Crippen LogP contribution in [0.25, 0.3) is 0 Å². The molecule has 5 heteroatoms. The van der Waals surface area contributed by atoms with Crippen molar-refractivity contribution in [1.82, 2.24) is 0 Å². The molecule has 1 aliphatic heterocycles. The SMILES string of the molecule is CC(O)(C(=O)[O-])c1ccc(N2CCOCC2)cc1. The van der Waals surface area contributed by atoms with E-state index in [1.54, 1.807) is 24.3 Å². The van der Waals surface area contributed by atoms with Crippen LogP contribution in [-0.4, -0.2) is 37.4 Å². The number of aliphatic carboxylic acids is 1. The third kappa shape index (κ3) is 2.47. The van der Waals surface area contributed by atoms with E-state index < -0.39 is 11.6 Å². The van der Waals surface area contributed by atoms with Gasteiger partial charge >= 0.3 is 0 Å². The summed E-state index contributed by atoms with van der Waals surface area (Å²) in [5.41, 5.74) is -0.639. The molecule has 2 rings (SSSR count). The molecule has 5 nitrogen and oxygen atoms in total. The van der Waals surface area contributed by atoms with E-state index in [4.69, 9.17) is 4.74 Å². The lowest BCUT2D eigenvalue weighted by atomic mass is 9.96. The summed E-state index contributed by atoms with van der Waals surface area (Å²) < 4.78 is 5.26. The molecule has 1 heterocycles. The van der Waals surface area contributed by atoms with Gasteiger partial charge in [0.05, 0.1) is 19.2 Å². The molecule has 0 amide bonds. The molecule has 0 aromatic heterocycles. The molecule has 0 aliphatic carbocycles. The van der Waals surface area contributed by atoms with Crippen LogP contribution in [0.1, 0.15) is 12.5 Å². The van der Waals surface area contributed by atoms with Gasteiger partial charge < -0.3 is 24.6 Å². The normalized spacial score (nSPS) is 19.3. The predicted molar refractivity (Wildman–Crippen MR) is 64.1 cm³/mol. The van der Waals surface area contributed by atoms with Crippen LogP contribution in [0.4, 0.5) is 5.69 Å². The number of carboxylic acid groups (broad SMARTS) is 1. The number of anilines is 1. The van der Waals surface area contributed by atoms with Crippen molar-refractivity contribution in [2.45, 2.75) is 12.5 Å². The molecule has 0 bridgehead atoms. The molecule has 0 spiro atoms. The van der Waals surface area contributed by atoms with Gasteiger partial charge in [0.2, 0.25) is 0 Å². The van der Waals surface area contributed by atoms with E-state index >= 15 is 0 Å². The van der Waals surface area contributed by atoms with Crippen molar-refractivity contribution in [3.8, 4) is 0 Å². The molecule has 1 N–H and O–H groups in total. The maximum absolute atomic E-state index is 10.8. The molecule has 1 fully saturated rings. The average Bonchev–Trinajstić information content (AvgIpc) is 2.40. The Morgan fingerprint density at radius 2 is 1.89 bits per heavy atom. The van der Waals surface area contributed by atoms with Gasteiger partial charge in [0.1, 0.15) is 5.60 Å². The van der Waals surface area contributed by atoms with Crippen LogP contribution in [0.3, 0.4) is 0 Å². The van der Waals surface area contributed by atoms with Crippen LogP contribution in [0.5, 0.6) is 0 Å². The lowest BCUT2D eigenvalue weighted by Gasteiger charge is -2.30. The van der Waals surface area contributed by atoms with E-state index in [1.807, 2.05) is 0 Å². The van der Waals surface area contributed by atoms with Gasteiger partial charge in [-0.05, 0) is 24.6 Å². The van der Waals surface area contributed by atoms with E-state index in [2.05, 4.69) is 4.90 Å². The fraction of sp³-hybridized carbons (Fsp3) is 0.462. The summed E-state index contributed by atoms with van der Waals surface area (Å²) in [5.74, 6) is -1.50. The smallest absolute Gasteiger partial charge is 0.126 e. The van der Waals surface area contributed by atoms with Crippen LogP contribution in [0.15, 0.2) is 24.3 Å². The molecule has 18 heavy (non-hydrogen) atoms. The van der Waals surface area contributed by atoms with Gasteiger partial charge in [-0.2, -0.15) is 0 Å². The van der Waals surface area contributed by atoms with Gasteiger partial charge in [0, 0.05) is 18.8 Å². The summed E-state index contributed by atoms with van der Waals surface area (Å²) in [7, 11) is 0. The molecule has 1 atom stereocenters. The molecule has 1 aliphatic rings. The van der Waals surface area contributed by atoms with Crippen LogP contribution < -0.4 is 10.0 Å². The fourth-order valence-corrected chi connectivity index (χ4v) is 1.94. The first-order valence-electron chi connectivity index (χ1n) is 5.89. The summed E-state index contributed by atoms with van der Waals surface area (Å²) in [4.78, 5) is 13.0. The zero-order chi connectivity index (χ0) is 13.2. The van der Waals surface area contributed by atoms with Crippen molar-refractivity contribution in [3.05, 3.63) is 29.8 Å². The number of benzene rings is 1. The zero-order valence-corrected chi connectivity index (χ0v) is 10.3. The topological polar surface area (TPSA) is 72.8 Å². The average molecular weight is 250 g/mol.